The minimum atomic E-state index is -0.242. The van der Waals surface area contributed by atoms with Crippen molar-refractivity contribution in [2.75, 3.05) is 50.1 Å². The number of piperazine rings is 1. The number of nitrogens with zero attached hydrogens (tertiary/aromatic N) is 4. The van der Waals surface area contributed by atoms with Gasteiger partial charge in [-0.25, -0.2) is 9.97 Å². The number of rotatable bonds is 5. The first kappa shape index (κ1) is 18.1. The summed E-state index contributed by atoms with van der Waals surface area (Å²) in [5.41, 5.74) is 1.08. The first-order chi connectivity index (χ1) is 12.6. The van der Waals surface area contributed by atoms with Gasteiger partial charge in [0.1, 0.15) is 23.1 Å². The van der Waals surface area contributed by atoms with Crippen LogP contribution in [0.5, 0.6) is 5.75 Å². The third-order valence-corrected chi connectivity index (χ3v) is 4.55. The van der Waals surface area contributed by atoms with Gasteiger partial charge in [0.15, 0.2) is 0 Å². The van der Waals surface area contributed by atoms with Crippen molar-refractivity contribution in [3.8, 4) is 5.75 Å². The quantitative estimate of drug-likeness (QED) is 0.887. The molecule has 1 aliphatic heterocycles. The van der Waals surface area contributed by atoms with E-state index in [0.29, 0.717) is 17.2 Å². The van der Waals surface area contributed by atoms with Crippen LogP contribution in [0.15, 0.2) is 30.3 Å². The molecule has 0 saturated carbocycles. The summed E-state index contributed by atoms with van der Waals surface area (Å²) >= 11 is 0. The Hall–Kier alpha value is -2.67. The van der Waals surface area contributed by atoms with Gasteiger partial charge in [-0.15, -0.1) is 0 Å². The van der Waals surface area contributed by atoms with E-state index in [2.05, 4.69) is 32.0 Å². The SMILES string of the molecule is CCN1CCN(c2cc(C(=O)Nc3ccc(OC)cc3)nc(C)n2)CC1. The topological polar surface area (TPSA) is 70.6 Å². The Morgan fingerprint density at radius 3 is 2.46 bits per heavy atom. The van der Waals surface area contributed by atoms with E-state index in [4.69, 9.17) is 4.74 Å². The van der Waals surface area contributed by atoms with Gasteiger partial charge in [0.05, 0.1) is 7.11 Å². The van der Waals surface area contributed by atoms with Crippen LogP contribution in [0.1, 0.15) is 23.2 Å². The lowest BCUT2D eigenvalue weighted by Crippen LogP contribution is -2.46. The highest BCUT2D eigenvalue weighted by Crippen LogP contribution is 2.18. The molecule has 1 aromatic heterocycles. The summed E-state index contributed by atoms with van der Waals surface area (Å²) in [4.78, 5) is 26.0. The molecular formula is C19H25N5O2. The first-order valence-electron chi connectivity index (χ1n) is 8.87. The summed E-state index contributed by atoms with van der Waals surface area (Å²) < 4.78 is 5.13. The lowest BCUT2D eigenvalue weighted by Gasteiger charge is -2.34. The molecule has 1 saturated heterocycles. The van der Waals surface area contributed by atoms with E-state index in [9.17, 15) is 4.79 Å². The second-order valence-corrected chi connectivity index (χ2v) is 6.26. The highest BCUT2D eigenvalue weighted by atomic mass is 16.5. The van der Waals surface area contributed by atoms with Gasteiger partial charge < -0.3 is 19.9 Å². The number of anilines is 2. The average molecular weight is 355 g/mol. The molecule has 7 heteroatoms. The van der Waals surface area contributed by atoms with Crippen LogP contribution in [-0.2, 0) is 0 Å². The van der Waals surface area contributed by atoms with Crippen LogP contribution in [0, 0.1) is 6.92 Å². The molecule has 0 spiro atoms. The summed E-state index contributed by atoms with van der Waals surface area (Å²) in [6.07, 6.45) is 0. The van der Waals surface area contributed by atoms with E-state index in [-0.39, 0.29) is 5.91 Å². The summed E-state index contributed by atoms with van der Waals surface area (Å²) in [6.45, 7) is 8.88. The Bertz CT molecular complexity index is 755. The molecule has 3 rings (SSSR count). The molecule has 26 heavy (non-hydrogen) atoms. The lowest BCUT2D eigenvalue weighted by molar-refractivity contribution is 0.102. The normalized spacial score (nSPS) is 15.0. The summed E-state index contributed by atoms with van der Waals surface area (Å²) in [7, 11) is 1.61. The molecule has 7 nitrogen and oxygen atoms in total. The zero-order valence-electron chi connectivity index (χ0n) is 15.5. The number of methoxy groups -OCH3 is 1. The fourth-order valence-electron chi connectivity index (χ4n) is 2.99. The van der Waals surface area contributed by atoms with Gasteiger partial charge in [-0.3, -0.25) is 4.79 Å². The maximum Gasteiger partial charge on any atom is 0.274 e. The highest BCUT2D eigenvalue weighted by Gasteiger charge is 2.19. The van der Waals surface area contributed by atoms with Gasteiger partial charge in [0.25, 0.3) is 5.91 Å². The van der Waals surface area contributed by atoms with Gasteiger partial charge in [-0.1, -0.05) is 6.92 Å². The van der Waals surface area contributed by atoms with Gasteiger partial charge in [0.2, 0.25) is 0 Å². The van der Waals surface area contributed by atoms with Crippen LogP contribution in [0.25, 0.3) is 0 Å². The summed E-state index contributed by atoms with van der Waals surface area (Å²) in [6, 6.07) is 8.98. The maximum atomic E-state index is 12.6. The number of benzene rings is 1. The molecule has 138 valence electrons. The van der Waals surface area contributed by atoms with Crippen molar-refractivity contribution in [2.24, 2.45) is 0 Å². The van der Waals surface area contributed by atoms with Gasteiger partial charge in [-0.05, 0) is 37.7 Å². The number of ether oxygens (including phenoxy) is 1. The molecular weight excluding hydrogens is 330 g/mol. The Labute approximate surface area is 154 Å². The second-order valence-electron chi connectivity index (χ2n) is 6.26. The van der Waals surface area contributed by atoms with Crippen LogP contribution in [0.2, 0.25) is 0 Å². The van der Waals surface area contributed by atoms with Crippen molar-refractivity contribution >= 4 is 17.4 Å². The third kappa shape index (κ3) is 4.29. The molecule has 1 aromatic carbocycles. The Morgan fingerprint density at radius 1 is 1.15 bits per heavy atom. The summed E-state index contributed by atoms with van der Waals surface area (Å²) in [5, 5.41) is 2.87. The van der Waals surface area contributed by atoms with Crippen molar-refractivity contribution < 1.29 is 9.53 Å². The molecule has 0 radical (unpaired) electrons. The number of aryl methyl sites for hydroxylation is 1. The second kappa shape index (κ2) is 8.14. The van der Waals surface area contributed by atoms with E-state index < -0.39 is 0 Å². The van der Waals surface area contributed by atoms with Crippen molar-refractivity contribution in [3.63, 3.8) is 0 Å². The lowest BCUT2D eigenvalue weighted by atomic mass is 10.2. The number of hydrogen-bond acceptors (Lipinski definition) is 6. The zero-order chi connectivity index (χ0) is 18.5. The van der Waals surface area contributed by atoms with Crippen LogP contribution < -0.4 is 15.0 Å². The molecule has 1 amide bonds. The fourth-order valence-corrected chi connectivity index (χ4v) is 2.99. The zero-order valence-corrected chi connectivity index (χ0v) is 15.5. The van der Waals surface area contributed by atoms with E-state index >= 15 is 0 Å². The van der Waals surface area contributed by atoms with Crippen molar-refractivity contribution in [2.45, 2.75) is 13.8 Å². The number of likely N-dealkylation sites (N-methyl/N-ethyl adjacent to an activating group) is 1. The van der Waals surface area contributed by atoms with Gasteiger partial charge in [0, 0.05) is 37.9 Å². The minimum Gasteiger partial charge on any atom is -0.497 e. The molecule has 0 atom stereocenters. The van der Waals surface area contributed by atoms with Gasteiger partial charge >= 0.3 is 0 Å². The van der Waals surface area contributed by atoms with Crippen LogP contribution in [0.3, 0.4) is 0 Å². The van der Waals surface area contributed by atoms with Crippen molar-refractivity contribution in [1.82, 2.24) is 14.9 Å². The van der Waals surface area contributed by atoms with E-state index in [0.717, 1.165) is 44.3 Å². The predicted octanol–water partition coefficient (Wildman–Crippen LogP) is 2.19. The first-order valence-corrected chi connectivity index (χ1v) is 8.87. The molecule has 0 unspecified atom stereocenters. The maximum absolute atomic E-state index is 12.6. The molecule has 1 N–H and O–H groups in total. The van der Waals surface area contributed by atoms with Crippen LogP contribution >= 0.6 is 0 Å². The number of nitrogens with one attached hydrogen (secondary N) is 1. The molecule has 0 aliphatic carbocycles. The largest absolute Gasteiger partial charge is 0.497 e. The van der Waals surface area contributed by atoms with E-state index in [1.165, 1.54) is 0 Å². The van der Waals surface area contributed by atoms with Crippen molar-refractivity contribution in [3.05, 3.63) is 41.9 Å². The molecule has 2 heterocycles. The Morgan fingerprint density at radius 2 is 1.85 bits per heavy atom. The van der Waals surface area contributed by atoms with Gasteiger partial charge in [-0.2, -0.15) is 0 Å². The van der Waals surface area contributed by atoms with E-state index in [1.54, 1.807) is 37.4 Å². The number of aromatic nitrogens is 2. The number of amides is 1. The van der Waals surface area contributed by atoms with Crippen LogP contribution in [-0.4, -0.2) is 60.6 Å². The number of carbonyl (C=O) groups is 1. The predicted molar refractivity (Wildman–Crippen MR) is 102 cm³/mol. The van der Waals surface area contributed by atoms with Crippen LogP contribution in [0.4, 0.5) is 11.5 Å². The van der Waals surface area contributed by atoms with Crippen molar-refractivity contribution in [1.29, 1.82) is 0 Å². The Balaban J connectivity index is 1.73. The monoisotopic (exact) mass is 355 g/mol. The number of hydrogen-bond donors (Lipinski definition) is 1. The Kier molecular flexibility index (Phi) is 5.68. The highest BCUT2D eigenvalue weighted by molar-refractivity contribution is 6.03. The summed E-state index contributed by atoms with van der Waals surface area (Å²) in [5.74, 6) is 1.91. The average Bonchev–Trinajstić information content (AvgIpc) is 2.68. The third-order valence-electron chi connectivity index (χ3n) is 4.55. The minimum absolute atomic E-state index is 0.242. The molecule has 1 fully saturated rings. The smallest absolute Gasteiger partial charge is 0.274 e. The molecule has 1 aliphatic rings. The standard InChI is InChI=1S/C19H25N5O2/c1-4-23-9-11-24(12-10-23)18-13-17(20-14(2)21-18)19(25)22-15-5-7-16(26-3)8-6-15/h5-8,13H,4,9-12H2,1-3H3,(H,22,25). The fraction of sp³-hybridized carbons (Fsp3) is 0.421. The molecule has 0 bridgehead atoms. The number of carbonyl (C=O) groups excluding carboxylic acids is 1. The van der Waals surface area contributed by atoms with E-state index in [1.807, 2.05) is 6.92 Å². The molecule has 2 aromatic rings.